The predicted octanol–water partition coefficient (Wildman–Crippen LogP) is 3.48. The molecule has 102 valence electrons. The fourth-order valence-electron chi connectivity index (χ4n) is 2.14. The first-order valence-corrected chi connectivity index (χ1v) is 7.03. The number of hydrogen-bond acceptors (Lipinski definition) is 4. The van der Waals surface area contributed by atoms with E-state index in [0.29, 0.717) is 5.69 Å². The molecule has 0 fully saturated rings. The minimum atomic E-state index is 0.0978. The van der Waals surface area contributed by atoms with Gasteiger partial charge in [-0.25, -0.2) is 0 Å². The van der Waals surface area contributed by atoms with Gasteiger partial charge in [0.05, 0.1) is 35.3 Å². The number of benzene rings is 1. The quantitative estimate of drug-likeness (QED) is 0.686. The third kappa shape index (κ3) is 2.34. The molecule has 1 unspecified atom stereocenters. The predicted molar refractivity (Wildman–Crippen MR) is 84.5 cm³/mol. The van der Waals surface area contributed by atoms with Crippen molar-refractivity contribution in [3.8, 4) is 0 Å². The lowest BCUT2D eigenvalue weighted by atomic mass is 10.1. The molecular formula is C14H14BrN5. The van der Waals surface area contributed by atoms with E-state index in [1.807, 2.05) is 24.4 Å². The molecule has 0 bridgehead atoms. The summed E-state index contributed by atoms with van der Waals surface area (Å²) in [6.07, 6.45) is 5.35. The Hall–Kier alpha value is -2.08. The van der Waals surface area contributed by atoms with Gasteiger partial charge in [-0.15, -0.1) is 0 Å². The molecule has 0 aliphatic heterocycles. The van der Waals surface area contributed by atoms with Gasteiger partial charge in [-0.1, -0.05) is 15.9 Å². The van der Waals surface area contributed by atoms with Crippen LogP contribution in [0.15, 0.2) is 41.3 Å². The number of rotatable bonds is 3. The van der Waals surface area contributed by atoms with Gasteiger partial charge in [-0.2, -0.15) is 5.10 Å². The highest BCUT2D eigenvalue weighted by atomic mass is 79.9. The zero-order valence-electron chi connectivity index (χ0n) is 10.9. The van der Waals surface area contributed by atoms with Crippen molar-refractivity contribution in [1.82, 2.24) is 15.2 Å². The zero-order valence-corrected chi connectivity index (χ0v) is 12.5. The van der Waals surface area contributed by atoms with E-state index in [1.165, 1.54) is 0 Å². The van der Waals surface area contributed by atoms with Crippen molar-refractivity contribution in [2.45, 2.75) is 13.0 Å². The van der Waals surface area contributed by atoms with Crippen LogP contribution in [0.4, 0.5) is 11.4 Å². The lowest BCUT2D eigenvalue weighted by Crippen LogP contribution is -2.08. The summed E-state index contributed by atoms with van der Waals surface area (Å²) in [5, 5.41) is 11.2. The van der Waals surface area contributed by atoms with Gasteiger partial charge in [0.25, 0.3) is 0 Å². The highest BCUT2D eigenvalue weighted by Crippen LogP contribution is 2.32. The molecule has 3 rings (SSSR count). The molecule has 4 N–H and O–H groups in total. The Labute approximate surface area is 124 Å². The van der Waals surface area contributed by atoms with Gasteiger partial charge in [-0.05, 0) is 25.1 Å². The first-order valence-electron chi connectivity index (χ1n) is 6.24. The van der Waals surface area contributed by atoms with E-state index in [4.69, 9.17) is 5.73 Å². The number of nitrogens with one attached hydrogen (secondary N) is 2. The summed E-state index contributed by atoms with van der Waals surface area (Å²) in [5.41, 5.74) is 9.58. The number of nitrogens with zero attached hydrogens (tertiary/aromatic N) is 2. The highest BCUT2D eigenvalue weighted by molar-refractivity contribution is 9.10. The number of nitrogens with two attached hydrogens (primary N) is 1. The number of halogens is 1. The monoisotopic (exact) mass is 331 g/mol. The van der Waals surface area contributed by atoms with E-state index >= 15 is 0 Å². The van der Waals surface area contributed by atoms with Crippen LogP contribution in [-0.4, -0.2) is 15.2 Å². The van der Waals surface area contributed by atoms with Crippen molar-refractivity contribution in [2.75, 3.05) is 11.1 Å². The number of aromatic amines is 1. The highest BCUT2D eigenvalue weighted by Gasteiger charge is 2.12. The topological polar surface area (TPSA) is 79.6 Å². The van der Waals surface area contributed by atoms with E-state index in [1.54, 1.807) is 12.4 Å². The Morgan fingerprint density at radius 1 is 1.35 bits per heavy atom. The zero-order chi connectivity index (χ0) is 14.1. The summed E-state index contributed by atoms with van der Waals surface area (Å²) >= 11 is 3.48. The molecule has 0 aliphatic carbocycles. The molecule has 0 saturated heterocycles. The third-order valence-electron chi connectivity index (χ3n) is 3.24. The second kappa shape index (κ2) is 5.13. The van der Waals surface area contributed by atoms with Gasteiger partial charge in [0, 0.05) is 21.6 Å². The molecule has 0 aliphatic rings. The van der Waals surface area contributed by atoms with E-state index in [9.17, 15) is 0 Å². The van der Waals surface area contributed by atoms with Gasteiger partial charge >= 0.3 is 0 Å². The number of hydrogen-bond donors (Lipinski definition) is 3. The van der Waals surface area contributed by atoms with Crippen LogP contribution < -0.4 is 11.1 Å². The summed E-state index contributed by atoms with van der Waals surface area (Å²) in [6, 6.07) is 6.05. The summed E-state index contributed by atoms with van der Waals surface area (Å²) in [4.78, 5) is 4.35. The van der Waals surface area contributed by atoms with Gasteiger partial charge in [0.2, 0.25) is 0 Å². The van der Waals surface area contributed by atoms with Crippen molar-refractivity contribution in [3.05, 3.63) is 46.8 Å². The van der Waals surface area contributed by atoms with Gasteiger partial charge < -0.3 is 11.1 Å². The molecule has 5 nitrogen and oxygen atoms in total. The molecule has 1 aromatic carbocycles. The van der Waals surface area contributed by atoms with Crippen LogP contribution in [0, 0.1) is 0 Å². The van der Waals surface area contributed by atoms with Crippen molar-refractivity contribution in [3.63, 3.8) is 0 Å². The molecule has 2 heterocycles. The first kappa shape index (κ1) is 12.9. The standard InChI is InChI=1S/C14H14BrN5/c1-8(9-5-18-19-6-9)20-14-11-4-10(15)2-3-13(11)17-7-12(14)16/h2-8H,16H2,1H3,(H,17,20)(H,18,19). The third-order valence-corrected chi connectivity index (χ3v) is 3.73. The smallest absolute Gasteiger partial charge is 0.0743 e. The average molecular weight is 332 g/mol. The molecular weight excluding hydrogens is 318 g/mol. The lowest BCUT2D eigenvalue weighted by molar-refractivity contribution is 0.888. The molecule has 1 atom stereocenters. The SMILES string of the molecule is CC(Nc1c(N)cnc2ccc(Br)cc12)c1cn[nH]c1. The number of aromatic nitrogens is 3. The van der Waals surface area contributed by atoms with Crippen molar-refractivity contribution >= 4 is 38.2 Å². The van der Waals surface area contributed by atoms with Crippen LogP contribution in [0.25, 0.3) is 10.9 Å². The Balaban J connectivity index is 2.06. The van der Waals surface area contributed by atoms with Gasteiger partial charge in [0.15, 0.2) is 0 Å². The van der Waals surface area contributed by atoms with E-state index < -0.39 is 0 Å². The first-order chi connectivity index (χ1) is 9.65. The summed E-state index contributed by atoms with van der Waals surface area (Å²) in [5.74, 6) is 0. The Bertz CT molecular complexity index is 733. The molecule has 0 saturated carbocycles. The molecule has 3 aromatic rings. The van der Waals surface area contributed by atoms with Crippen LogP contribution >= 0.6 is 15.9 Å². The molecule has 6 heteroatoms. The number of nitrogen functional groups attached to an aromatic ring is 1. The van der Waals surface area contributed by atoms with Crippen molar-refractivity contribution in [1.29, 1.82) is 0 Å². The van der Waals surface area contributed by atoms with Crippen LogP contribution in [0.3, 0.4) is 0 Å². The molecule has 20 heavy (non-hydrogen) atoms. The number of fused-ring (bicyclic) bond motifs is 1. The van der Waals surface area contributed by atoms with Crippen molar-refractivity contribution in [2.24, 2.45) is 0 Å². The minimum absolute atomic E-state index is 0.0978. The van der Waals surface area contributed by atoms with Crippen LogP contribution in [0.2, 0.25) is 0 Å². The average Bonchev–Trinajstić information content (AvgIpc) is 2.96. The maximum atomic E-state index is 6.07. The fraction of sp³-hybridized carbons (Fsp3) is 0.143. The number of pyridine rings is 1. The van der Waals surface area contributed by atoms with Crippen molar-refractivity contribution < 1.29 is 0 Å². The van der Waals surface area contributed by atoms with E-state index in [-0.39, 0.29) is 6.04 Å². The summed E-state index contributed by atoms with van der Waals surface area (Å²) in [6.45, 7) is 2.06. The second-order valence-corrected chi connectivity index (χ2v) is 5.56. The largest absolute Gasteiger partial charge is 0.396 e. The van der Waals surface area contributed by atoms with Crippen LogP contribution in [0.5, 0.6) is 0 Å². The Morgan fingerprint density at radius 2 is 2.20 bits per heavy atom. The second-order valence-electron chi connectivity index (χ2n) is 4.65. The summed E-state index contributed by atoms with van der Waals surface area (Å²) < 4.78 is 0.997. The number of H-pyrrole nitrogens is 1. The molecule has 0 amide bonds. The Kier molecular flexibility index (Phi) is 3.31. The van der Waals surface area contributed by atoms with Crippen LogP contribution in [-0.2, 0) is 0 Å². The fourth-order valence-corrected chi connectivity index (χ4v) is 2.50. The van der Waals surface area contributed by atoms with E-state index in [2.05, 4.69) is 43.4 Å². The minimum Gasteiger partial charge on any atom is -0.396 e. The van der Waals surface area contributed by atoms with Crippen LogP contribution in [0.1, 0.15) is 18.5 Å². The summed E-state index contributed by atoms with van der Waals surface area (Å²) in [7, 11) is 0. The van der Waals surface area contributed by atoms with Gasteiger partial charge in [-0.3, -0.25) is 10.1 Å². The maximum absolute atomic E-state index is 6.07. The lowest BCUT2D eigenvalue weighted by Gasteiger charge is -2.17. The molecule has 0 spiro atoms. The Morgan fingerprint density at radius 3 is 2.95 bits per heavy atom. The normalized spacial score (nSPS) is 12.5. The van der Waals surface area contributed by atoms with E-state index in [0.717, 1.165) is 26.6 Å². The molecule has 0 radical (unpaired) electrons. The maximum Gasteiger partial charge on any atom is 0.0743 e. The number of anilines is 2. The molecule has 2 aromatic heterocycles. The van der Waals surface area contributed by atoms with Gasteiger partial charge in [0.1, 0.15) is 0 Å².